The van der Waals surface area contributed by atoms with Crippen molar-refractivity contribution in [3.8, 4) is 11.4 Å². The summed E-state index contributed by atoms with van der Waals surface area (Å²) < 4.78 is 10.5. The predicted octanol–water partition coefficient (Wildman–Crippen LogP) is 3.37. The van der Waals surface area contributed by atoms with Crippen LogP contribution in [-0.4, -0.2) is 98.8 Å². The number of benzene rings is 1. The van der Waals surface area contributed by atoms with Gasteiger partial charge in [-0.25, -0.2) is 14.8 Å². The number of rotatable bonds is 11. The second-order valence-electron chi connectivity index (χ2n) is 12.4. The molecule has 1 atom stereocenters. The van der Waals surface area contributed by atoms with E-state index in [1.54, 1.807) is 52.5 Å². The number of aliphatic hydroxyl groups is 1. The average molecular weight is 612 g/mol. The largest absolute Gasteiger partial charge is 0.460 e. The Morgan fingerprint density at radius 2 is 1.61 bits per heavy atom. The molecule has 2 heterocycles. The van der Waals surface area contributed by atoms with E-state index < -0.39 is 35.2 Å². The lowest BCUT2D eigenvalue weighted by molar-refractivity contribution is -0.155. The van der Waals surface area contributed by atoms with Crippen LogP contribution in [0.15, 0.2) is 36.4 Å². The van der Waals surface area contributed by atoms with Gasteiger partial charge in [-0.1, -0.05) is 30.3 Å². The van der Waals surface area contributed by atoms with Gasteiger partial charge in [-0.2, -0.15) is 0 Å². The smallest absolute Gasteiger partial charge is 0.409 e. The van der Waals surface area contributed by atoms with Crippen molar-refractivity contribution in [2.45, 2.75) is 84.5 Å². The van der Waals surface area contributed by atoms with Crippen LogP contribution >= 0.6 is 0 Å². The lowest BCUT2D eigenvalue weighted by Gasteiger charge is -2.36. The number of hydrogen-bond donors (Lipinski definition) is 2. The summed E-state index contributed by atoms with van der Waals surface area (Å²) in [5, 5.41) is 13.1. The minimum atomic E-state index is -1.04. The highest BCUT2D eigenvalue weighted by Gasteiger charge is 2.32. The highest BCUT2D eigenvalue weighted by molar-refractivity contribution is 5.96. The van der Waals surface area contributed by atoms with Gasteiger partial charge in [0, 0.05) is 43.9 Å². The molecule has 1 aliphatic rings. The van der Waals surface area contributed by atoms with Gasteiger partial charge in [0.05, 0.1) is 12.2 Å². The van der Waals surface area contributed by atoms with Gasteiger partial charge in [-0.05, 0) is 66.9 Å². The van der Waals surface area contributed by atoms with Crippen molar-refractivity contribution in [1.29, 1.82) is 0 Å². The maximum Gasteiger partial charge on any atom is 0.409 e. The molecule has 2 N–H and O–H groups in total. The molecule has 1 aromatic heterocycles. The number of esters is 1. The highest BCUT2D eigenvalue weighted by atomic mass is 16.6. The van der Waals surface area contributed by atoms with E-state index in [9.17, 15) is 24.3 Å². The summed E-state index contributed by atoms with van der Waals surface area (Å²) in [5.41, 5.74) is -0.290. The Hall–Kier alpha value is -4.06. The van der Waals surface area contributed by atoms with E-state index in [1.165, 1.54) is 4.90 Å². The first-order valence-electron chi connectivity index (χ1n) is 15.0. The molecule has 12 nitrogen and oxygen atoms in total. The van der Waals surface area contributed by atoms with Crippen molar-refractivity contribution in [2.75, 3.05) is 32.8 Å². The molecular formula is C32H45N5O7. The molecule has 0 aliphatic carbocycles. The predicted molar refractivity (Wildman–Crippen MR) is 164 cm³/mol. The number of ether oxygens (including phenoxy) is 2. The maximum atomic E-state index is 13.7. The van der Waals surface area contributed by atoms with E-state index in [2.05, 4.69) is 15.3 Å². The molecular weight excluding hydrogens is 566 g/mol. The normalized spacial score (nSPS) is 14.5. The number of piperazine rings is 1. The molecule has 44 heavy (non-hydrogen) atoms. The molecule has 0 radical (unpaired) electrons. The number of aromatic nitrogens is 2. The Morgan fingerprint density at radius 1 is 0.977 bits per heavy atom. The Morgan fingerprint density at radius 3 is 2.20 bits per heavy atom. The molecule has 240 valence electrons. The number of carbonyl (C=O) groups excluding carboxylic acids is 4. The van der Waals surface area contributed by atoms with Crippen LogP contribution in [0.25, 0.3) is 11.4 Å². The minimum Gasteiger partial charge on any atom is -0.460 e. The van der Waals surface area contributed by atoms with Crippen LogP contribution in [-0.2, 0) is 25.5 Å². The molecule has 0 saturated carbocycles. The Kier molecular flexibility index (Phi) is 11.8. The van der Waals surface area contributed by atoms with E-state index in [0.29, 0.717) is 29.9 Å². The van der Waals surface area contributed by atoms with E-state index in [4.69, 9.17) is 9.47 Å². The SMILES string of the molecule is CCOC(=O)N1CCN(C(=O)[C@H](CCC(=O)OC(C)(C)C)NC(=O)c2cc(CCC(C)(C)O)nc(-c3ccccc3)n2)CC1. The van der Waals surface area contributed by atoms with Crippen LogP contribution in [0.5, 0.6) is 0 Å². The highest BCUT2D eigenvalue weighted by Crippen LogP contribution is 2.19. The van der Waals surface area contributed by atoms with Crippen LogP contribution < -0.4 is 5.32 Å². The quantitative estimate of drug-likeness (QED) is 0.365. The Labute approximate surface area is 259 Å². The fourth-order valence-corrected chi connectivity index (χ4v) is 4.58. The van der Waals surface area contributed by atoms with E-state index in [1.807, 2.05) is 30.3 Å². The zero-order valence-corrected chi connectivity index (χ0v) is 26.6. The van der Waals surface area contributed by atoms with E-state index in [-0.39, 0.29) is 57.2 Å². The van der Waals surface area contributed by atoms with Crippen LogP contribution in [0.3, 0.4) is 0 Å². The molecule has 0 bridgehead atoms. The van der Waals surface area contributed by atoms with Crippen LogP contribution in [0, 0.1) is 0 Å². The molecule has 3 amide bonds. The summed E-state index contributed by atoms with van der Waals surface area (Å²) in [6.45, 7) is 11.7. The molecule has 1 saturated heterocycles. The average Bonchev–Trinajstić information content (AvgIpc) is 2.97. The number of hydrogen-bond acceptors (Lipinski definition) is 9. The monoisotopic (exact) mass is 611 g/mol. The number of nitrogens with one attached hydrogen (secondary N) is 1. The summed E-state index contributed by atoms with van der Waals surface area (Å²) in [4.78, 5) is 64.2. The second kappa shape index (κ2) is 15.1. The Bertz CT molecular complexity index is 1300. The number of aryl methyl sites for hydroxylation is 1. The van der Waals surface area contributed by atoms with Crippen molar-refractivity contribution in [2.24, 2.45) is 0 Å². The van der Waals surface area contributed by atoms with Crippen molar-refractivity contribution in [3.63, 3.8) is 0 Å². The van der Waals surface area contributed by atoms with Gasteiger partial charge >= 0.3 is 12.1 Å². The molecule has 0 spiro atoms. The van der Waals surface area contributed by atoms with Crippen LogP contribution in [0.1, 0.15) is 77.0 Å². The molecule has 1 aromatic carbocycles. The van der Waals surface area contributed by atoms with E-state index >= 15 is 0 Å². The van der Waals surface area contributed by atoms with Crippen molar-refractivity contribution < 1.29 is 33.8 Å². The second-order valence-corrected chi connectivity index (χ2v) is 12.4. The zero-order chi connectivity index (χ0) is 32.5. The van der Waals surface area contributed by atoms with Gasteiger partial charge in [0.1, 0.15) is 17.3 Å². The van der Waals surface area contributed by atoms with Gasteiger partial charge in [-0.15, -0.1) is 0 Å². The number of carbonyl (C=O) groups is 4. The maximum absolute atomic E-state index is 13.7. The van der Waals surface area contributed by atoms with Gasteiger partial charge in [0.25, 0.3) is 5.91 Å². The summed E-state index contributed by atoms with van der Waals surface area (Å²) in [5.74, 6) is -1.11. The lowest BCUT2D eigenvalue weighted by Crippen LogP contribution is -2.56. The van der Waals surface area contributed by atoms with Crippen molar-refractivity contribution >= 4 is 23.9 Å². The number of amides is 3. The molecule has 1 aliphatic heterocycles. The molecule has 1 fully saturated rings. The van der Waals surface area contributed by atoms with Gasteiger partial charge in [-0.3, -0.25) is 14.4 Å². The third-order valence-corrected chi connectivity index (χ3v) is 6.81. The van der Waals surface area contributed by atoms with Crippen molar-refractivity contribution in [1.82, 2.24) is 25.1 Å². The van der Waals surface area contributed by atoms with E-state index in [0.717, 1.165) is 0 Å². The standard InChI is InChI=1S/C32H45N5O7/c1-7-43-30(41)37-19-17-36(18-20-37)29(40)24(13-14-26(38)44-31(2,3)4)35-28(39)25-21-23(15-16-32(5,6)42)33-27(34-25)22-11-9-8-10-12-22/h8-12,21,24,42H,7,13-20H2,1-6H3,(H,35,39)/t24-/m0/s1. The fraction of sp³-hybridized carbons (Fsp3) is 0.562. The van der Waals surface area contributed by atoms with Gasteiger partial charge in [0.15, 0.2) is 5.82 Å². The zero-order valence-electron chi connectivity index (χ0n) is 26.6. The summed E-state index contributed by atoms with van der Waals surface area (Å²) in [6.07, 6.45) is 0.297. The molecule has 2 aromatic rings. The third kappa shape index (κ3) is 10.9. The Balaban J connectivity index is 1.84. The van der Waals surface area contributed by atoms with Crippen LogP contribution in [0.4, 0.5) is 4.79 Å². The number of nitrogens with zero attached hydrogens (tertiary/aromatic N) is 4. The first-order valence-corrected chi connectivity index (χ1v) is 15.0. The third-order valence-electron chi connectivity index (χ3n) is 6.81. The van der Waals surface area contributed by atoms with Crippen LogP contribution in [0.2, 0.25) is 0 Å². The molecule has 0 unspecified atom stereocenters. The van der Waals surface area contributed by atoms with Crippen molar-refractivity contribution in [3.05, 3.63) is 47.8 Å². The lowest BCUT2D eigenvalue weighted by atomic mass is 10.0. The summed E-state index contributed by atoms with van der Waals surface area (Å²) in [7, 11) is 0. The summed E-state index contributed by atoms with van der Waals surface area (Å²) in [6, 6.07) is 9.73. The first kappa shape index (κ1) is 34.4. The molecule has 3 rings (SSSR count). The fourth-order valence-electron chi connectivity index (χ4n) is 4.58. The summed E-state index contributed by atoms with van der Waals surface area (Å²) >= 11 is 0. The minimum absolute atomic E-state index is 0.0137. The van der Waals surface area contributed by atoms with Gasteiger partial charge in [0.2, 0.25) is 5.91 Å². The molecule has 12 heteroatoms. The van der Waals surface area contributed by atoms with Gasteiger partial charge < -0.3 is 29.7 Å². The first-order chi connectivity index (χ1) is 20.6. The topological polar surface area (TPSA) is 151 Å².